The molecule has 1 fully saturated rings. The lowest BCUT2D eigenvalue weighted by atomic mass is 9.75. The third kappa shape index (κ3) is 7.04. The normalized spacial score (nSPS) is 26.2. The molecule has 202 valence electrons. The maximum absolute atomic E-state index is 9.90. The van der Waals surface area contributed by atoms with E-state index in [9.17, 15) is 5.26 Å². The molecule has 2 aliphatic heterocycles. The number of aryl methyl sites for hydroxylation is 1. The SMILES string of the molecule is CC.CCC/C(C(=N)c1nc(Cl)cc(CC[C@@H]2CCCN2C)n1)=C(/C)[C@H]1CCCC2=C1C(C#N)C(P)S2. The molecule has 8 heteroatoms. The molecular weight excluding hydrogens is 517 g/mol. The minimum absolute atomic E-state index is 0.0694. The molecule has 0 amide bonds. The van der Waals surface area contributed by atoms with Crippen LogP contribution in [0.1, 0.15) is 90.6 Å². The maximum atomic E-state index is 9.90. The van der Waals surface area contributed by atoms with Crippen LogP contribution >= 0.6 is 32.6 Å². The number of nitriles is 1. The summed E-state index contributed by atoms with van der Waals surface area (Å²) in [6.07, 6.45) is 9.38. The third-order valence-electron chi connectivity index (χ3n) is 7.85. The number of halogens is 1. The van der Waals surface area contributed by atoms with Crippen molar-refractivity contribution < 1.29 is 0 Å². The Morgan fingerprint density at radius 2 is 2.05 bits per heavy atom. The molecule has 1 N–H and O–H groups in total. The standard InChI is InChI=1S/C27H37ClN5PS.C2H6/c1-4-7-20(16(2)19-9-5-10-22-24(19)21(15-29)27(34)35-22)25(30)26-31-17(14-23(28)32-26)11-12-18-8-6-13-33(18)3;1-2/h14,18-19,21,27,30H,4-13,34H2,1-3H3;1-2H3/b20-16+,30-25?;/t18-,19+,21?,27?;/m0./s1. The fourth-order valence-corrected chi connectivity index (χ4v) is 8.29. The largest absolute Gasteiger partial charge is 0.303 e. The molecule has 1 aliphatic carbocycles. The first-order valence-electron chi connectivity index (χ1n) is 13.9. The highest BCUT2D eigenvalue weighted by Gasteiger charge is 2.40. The van der Waals surface area contributed by atoms with Crippen LogP contribution in [0, 0.1) is 28.6 Å². The van der Waals surface area contributed by atoms with Crippen LogP contribution in [0.2, 0.25) is 5.15 Å². The Morgan fingerprint density at radius 3 is 2.70 bits per heavy atom. The molecule has 1 saturated heterocycles. The fourth-order valence-electron chi connectivity index (χ4n) is 5.96. The molecule has 0 radical (unpaired) electrons. The molecule has 3 heterocycles. The molecule has 0 spiro atoms. The van der Waals surface area contributed by atoms with Gasteiger partial charge in [-0.25, -0.2) is 9.97 Å². The molecule has 0 aromatic carbocycles. The summed E-state index contributed by atoms with van der Waals surface area (Å²) in [7, 11) is 5.06. The van der Waals surface area contributed by atoms with Gasteiger partial charge < -0.3 is 4.90 Å². The van der Waals surface area contributed by atoms with Crippen LogP contribution in [0.3, 0.4) is 0 Å². The highest BCUT2D eigenvalue weighted by atomic mass is 35.5. The van der Waals surface area contributed by atoms with Crippen molar-refractivity contribution in [2.45, 2.75) is 96.5 Å². The lowest BCUT2D eigenvalue weighted by molar-refractivity contribution is 0.296. The Bertz CT molecular complexity index is 1080. The van der Waals surface area contributed by atoms with E-state index in [1.54, 1.807) is 0 Å². The summed E-state index contributed by atoms with van der Waals surface area (Å²) < 4.78 is 0. The highest BCUT2D eigenvalue weighted by molar-refractivity contribution is 8.07. The molecule has 0 saturated carbocycles. The number of rotatable bonds is 8. The van der Waals surface area contributed by atoms with Crippen molar-refractivity contribution in [3.8, 4) is 6.07 Å². The number of likely N-dealkylation sites (tertiary alicyclic amines) is 1. The van der Waals surface area contributed by atoms with Crippen molar-refractivity contribution in [1.82, 2.24) is 14.9 Å². The van der Waals surface area contributed by atoms with Crippen molar-refractivity contribution in [1.29, 1.82) is 10.7 Å². The first-order chi connectivity index (χ1) is 17.8. The fraction of sp³-hybridized carbons (Fsp3) is 0.655. The zero-order chi connectivity index (χ0) is 27.1. The van der Waals surface area contributed by atoms with Gasteiger partial charge in [-0.05, 0) is 94.0 Å². The van der Waals surface area contributed by atoms with E-state index in [0.29, 0.717) is 22.7 Å². The van der Waals surface area contributed by atoms with E-state index in [1.165, 1.54) is 28.9 Å². The van der Waals surface area contributed by atoms with E-state index in [4.69, 9.17) is 22.0 Å². The van der Waals surface area contributed by atoms with Gasteiger partial charge in [0.2, 0.25) is 0 Å². The third-order valence-corrected chi connectivity index (χ3v) is 10.1. The van der Waals surface area contributed by atoms with Gasteiger partial charge in [-0.1, -0.05) is 44.4 Å². The monoisotopic (exact) mass is 559 g/mol. The number of hydrogen-bond acceptors (Lipinski definition) is 6. The number of aromatic nitrogens is 2. The van der Waals surface area contributed by atoms with Gasteiger partial charge in [0.1, 0.15) is 10.9 Å². The van der Waals surface area contributed by atoms with Gasteiger partial charge in [-0.3, -0.25) is 5.41 Å². The molecule has 5 nitrogen and oxygen atoms in total. The summed E-state index contributed by atoms with van der Waals surface area (Å²) >= 11 is 8.28. The second kappa shape index (κ2) is 14.2. The zero-order valence-corrected chi connectivity index (χ0v) is 25.8. The Labute approximate surface area is 235 Å². The molecule has 3 unspecified atom stereocenters. The van der Waals surface area contributed by atoms with E-state index in [-0.39, 0.29) is 16.8 Å². The number of allylic oxidation sites excluding steroid dienone is 4. The van der Waals surface area contributed by atoms with Crippen LogP contribution in [0.5, 0.6) is 0 Å². The van der Waals surface area contributed by atoms with Crippen molar-refractivity contribution in [3.05, 3.63) is 44.4 Å². The topological polar surface area (TPSA) is 76.7 Å². The van der Waals surface area contributed by atoms with Crippen molar-refractivity contribution in [3.63, 3.8) is 0 Å². The molecule has 1 aromatic rings. The van der Waals surface area contributed by atoms with E-state index >= 15 is 0 Å². The maximum Gasteiger partial charge on any atom is 0.179 e. The summed E-state index contributed by atoms with van der Waals surface area (Å²) in [6, 6.07) is 5.01. The van der Waals surface area contributed by atoms with E-state index in [2.05, 4.69) is 46.1 Å². The summed E-state index contributed by atoms with van der Waals surface area (Å²) in [4.78, 5) is 13.4. The lowest BCUT2D eigenvalue weighted by Gasteiger charge is -2.29. The van der Waals surface area contributed by atoms with Gasteiger partial charge in [-0.2, -0.15) is 5.26 Å². The van der Waals surface area contributed by atoms with Crippen LogP contribution in [0.4, 0.5) is 0 Å². The number of thioether (sulfide) groups is 1. The Hall–Kier alpha value is -1.25. The van der Waals surface area contributed by atoms with Gasteiger partial charge in [0, 0.05) is 22.6 Å². The van der Waals surface area contributed by atoms with Crippen LogP contribution in [-0.4, -0.2) is 45.2 Å². The minimum Gasteiger partial charge on any atom is -0.303 e. The quantitative estimate of drug-likeness (QED) is 0.200. The predicted molar refractivity (Wildman–Crippen MR) is 161 cm³/mol. The molecule has 1 aromatic heterocycles. The average molecular weight is 560 g/mol. The lowest BCUT2D eigenvalue weighted by Crippen LogP contribution is -2.25. The number of nitrogens with zero attached hydrogens (tertiary/aromatic N) is 4. The van der Waals surface area contributed by atoms with Crippen LogP contribution in [0.15, 0.2) is 27.7 Å². The van der Waals surface area contributed by atoms with E-state index in [1.807, 2.05) is 31.7 Å². The van der Waals surface area contributed by atoms with Crippen molar-refractivity contribution >= 4 is 38.3 Å². The van der Waals surface area contributed by atoms with Crippen molar-refractivity contribution in [2.75, 3.05) is 13.6 Å². The van der Waals surface area contributed by atoms with E-state index in [0.717, 1.165) is 62.8 Å². The van der Waals surface area contributed by atoms with Crippen LogP contribution in [-0.2, 0) is 6.42 Å². The smallest absolute Gasteiger partial charge is 0.179 e. The molecule has 4 rings (SSSR count). The van der Waals surface area contributed by atoms with Crippen LogP contribution in [0.25, 0.3) is 0 Å². The number of hydrogen-bond donors (Lipinski definition) is 1. The van der Waals surface area contributed by atoms with Gasteiger partial charge in [0.25, 0.3) is 0 Å². The predicted octanol–water partition coefficient (Wildman–Crippen LogP) is 7.81. The van der Waals surface area contributed by atoms with Gasteiger partial charge in [-0.15, -0.1) is 21.0 Å². The molecule has 37 heavy (non-hydrogen) atoms. The second-order valence-corrected chi connectivity index (χ2v) is 13.0. The van der Waals surface area contributed by atoms with Crippen molar-refractivity contribution in [2.24, 2.45) is 11.8 Å². The van der Waals surface area contributed by atoms with Gasteiger partial charge >= 0.3 is 0 Å². The average Bonchev–Trinajstić information content (AvgIpc) is 3.46. The first kappa shape index (κ1) is 30.3. The zero-order valence-electron chi connectivity index (χ0n) is 23.1. The second-order valence-electron chi connectivity index (χ2n) is 10.1. The Kier molecular flexibility index (Phi) is 11.6. The van der Waals surface area contributed by atoms with Gasteiger partial charge in [0.05, 0.1) is 12.0 Å². The summed E-state index contributed by atoms with van der Waals surface area (Å²) in [6.45, 7) is 9.48. The molecular formula is C29H43ClN5PS. The Balaban J connectivity index is 0.00000186. The summed E-state index contributed by atoms with van der Waals surface area (Å²) in [5, 5.41) is 19.5. The highest BCUT2D eigenvalue weighted by Crippen LogP contribution is 2.54. The first-order valence-corrected chi connectivity index (χ1v) is 15.8. The minimum atomic E-state index is -0.0694. The van der Waals surface area contributed by atoms with Gasteiger partial charge in [0.15, 0.2) is 5.82 Å². The number of nitrogens with one attached hydrogen (secondary N) is 1. The molecule has 3 aliphatic rings. The Morgan fingerprint density at radius 1 is 1.30 bits per heavy atom. The van der Waals surface area contributed by atoms with Crippen LogP contribution < -0.4 is 0 Å². The summed E-state index contributed by atoms with van der Waals surface area (Å²) in [5.74, 6) is 0.585. The van der Waals surface area contributed by atoms with E-state index < -0.39 is 0 Å². The molecule has 0 bridgehead atoms. The molecule has 5 atom stereocenters. The summed E-state index contributed by atoms with van der Waals surface area (Å²) in [5.41, 5.74) is 4.84.